The zero-order valence-electron chi connectivity index (χ0n) is 13.5. The zero-order valence-corrected chi connectivity index (χ0v) is 14.3. The first kappa shape index (κ1) is 18.4. The Bertz CT molecular complexity index is 441. The molecule has 1 aromatic rings. The van der Waals surface area contributed by atoms with Gasteiger partial charge in [0.05, 0.1) is 5.60 Å². The fraction of sp³-hybridized carbons (Fsp3) is 0.688. The van der Waals surface area contributed by atoms with Gasteiger partial charge in [0.15, 0.2) is 0 Å². The monoisotopic (exact) mass is 315 g/mol. The molecule has 0 spiro atoms. The number of ether oxygens (including phenoxy) is 2. The molecule has 0 aromatic carbocycles. The zero-order chi connectivity index (χ0) is 16.1. The summed E-state index contributed by atoms with van der Waals surface area (Å²) in [5.41, 5.74) is -0.0205. The van der Waals surface area contributed by atoms with E-state index in [9.17, 15) is 5.11 Å². The van der Waals surface area contributed by atoms with Gasteiger partial charge in [-0.15, -0.1) is 0 Å². The molecule has 1 N–H and O–H groups in total. The van der Waals surface area contributed by atoms with E-state index < -0.39 is 11.4 Å². The summed E-state index contributed by atoms with van der Waals surface area (Å²) < 4.78 is 11.2. The summed E-state index contributed by atoms with van der Waals surface area (Å²) in [6, 6.07) is 3.48. The number of hydrogen-bond acceptors (Lipinski definition) is 4. The summed E-state index contributed by atoms with van der Waals surface area (Å²) in [6.07, 6.45) is 4.01. The predicted octanol–water partition coefficient (Wildman–Crippen LogP) is 3.76. The molecule has 21 heavy (non-hydrogen) atoms. The quantitative estimate of drug-likeness (QED) is 0.742. The van der Waals surface area contributed by atoms with Crippen molar-refractivity contribution < 1.29 is 14.6 Å². The van der Waals surface area contributed by atoms with Gasteiger partial charge in [0.1, 0.15) is 5.69 Å². The molecule has 120 valence electrons. The Kier molecular flexibility index (Phi) is 6.60. The summed E-state index contributed by atoms with van der Waals surface area (Å²) in [5, 5.41) is 10.6. The molecule has 0 bridgehead atoms. The van der Waals surface area contributed by atoms with Crippen LogP contribution in [0.15, 0.2) is 18.3 Å². The van der Waals surface area contributed by atoms with E-state index in [0.717, 1.165) is 12.8 Å². The van der Waals surface area contributed by atoms with Crippen LogP contribution in [0.5, 0.6) is 0 Å². The van der Waals surface area contributed by atoms with Gasteiger partial charge in [-0.3, -0.25) is 4.98 Å². The Morgan fingerprint density at radius 1 is 1.33 bits per heavy atom. The standard InChI is InChI=1S/C16H26ClNO3/c1-12(15(2,3)19)7-6-9-16(20-4,21-5)14-11-13(17)8-10-18-14/h8,10-12,19H,6-7,9H2,1-5H3/t12-/m1/s1. The lowest BCUT2D eigenvalue weighted by Crippen LogP contribution is -2.33. The maximum Gasteiger partial charge on any atom is 0.211 e. The first-order valence-electron chi connectivity index (χ1n) is 7.20. The van der Waals surface area contributed by atoms with E-state index in [1.807, 2.05) is 20.8 Å². The van der Waals surface area contributed by atoms with Crippen LogP contribution in [0, 0.1) is 5.92 Å². The maximum atomic E-state index is 9.99. The van der Waals surface area contributed by atoms with Crippen molar-refractivity contribution in [3.63, 3.8) is 0 Å². The second-order valence-corrected chi connectivity index (χ2v) is 6.40. The van der Waals surface area contributed by atoms with Gasteiger partial charge in [-0.25, -0.2) is 0 Å². The summed E-state index contributed by atoms with van der Waals surface area (Å²) in [7, 11) is 3.21. The molecule has 1 heterocycles. The molecular formula is C16H26ClNO3. The molecule has 0 saturated carbocycles. The second-order valence-electron chi connectivity index (χ2n) is 5.97. The van der Waals surface area contributed by atoms with Crippen molar-refractivity contribution in [3.8, 4) is 0 Å². The number of rotatable bonds is 8. The molecule has 0 radical (unpaired) electrons. The third-order valence-corrected chi connectivity index (χ3v) is 4.36. The predicted molar refractivity (Wildman–Crippen MR) is 84.3 cm³/mol. The van der Waals surface area contributed by atoms with Gasteiger partial charge >= 0.3 is 0 Å². The molecule has 1 rings (SSSR count). The first-order chi connectivity index (χ1) is 9.75. The topological polar surface area (TPSA) is 51.6 Å². The van der Waals surface area contributed by atoms with Crippen molar-refractivity contribution in [1.29, 1.82) is 0 Å². The smallest absolute Gasteiger partial charge is 0.211 e. The van der Waals surface area contributed by atoms with E-state index in [0.29, 0.717) is 17.1 Å². The van der Waals surface area contributed by atoms with Gasteiger partial charge in [-0.2, -0.15) is 0 Å². The number of hydrogen-bond donors (Lipinski definition) is 1. The molecule has 0 aliphatic heterocycles. The van der Waals surface area contributed by atoms with Crippen molar-refractivity contribution in [2.24, 2.45) is 5.92 Å². The lowest BCUT2D eigenvalue weighted by molar-refractivity contribution is -0.224. The Morgan fingerprint density at radius 2 is 1.95 bits per heavy atom. The molecule has 5 heteroatoms. The largest absolute Gasteiger partial charge is 0.390 e. The number of aromatic nitrogens is 1. The Hall–Kier alpha value is -0.680. The highest BCUT2D eigenvalue weighted by Crippen LogP contribution is 2.33. The molecule has 0 aliphatic carbocycles. The van der Waals surface area contributed by atoms with Crippen LogP contribution >= 0.6 is 11.6 Å². The van der Waals surface area contributed by atoms with Crippen LogP contribution < -0.4 is 0 Å². The van der Waals surface area contributed by atoms with Crippen LogP contribution in [-0.2, 0) is 15.3 Å². The highest BCUT2D eigenvalue weighted by atomic mass is 35.5. The van der Waals surface area contributed by atoms with Crippen LogP contribution in [0.2, 0.25) is 5.02 Å². The van der Waals surface area contributed by atoms with E-state index in [2.05, 4.69) is 4.98 Å². The van der Waals surface area contributed by atoms with Crippen molar-refractivity contribution in [2.75, 3.05) is 14.2 Å². The molecule has 0 amide bonds. The summed E-state index contributed by atoms with van der Waals surface area (Å²) in [6.45, 7) is 5.70. The van der Waals surface area contributed by atoms with Crippen molar-refractivity contribution in [3.05, 3.63) is 29.0 Å². The molecule has 0 saturated heterocycles. The molecule has 1 atom stereocenters. The minimum absolute atomic E-state index is 0.191. The van der Waals surface area contributed by atoms with E-state index in [-0.39, 0.29) is 5.92 Å². The molecule has 0 fully saturated rings. The Balaban J connectivity index is 2.78. The van der Waals surface area contributed by atoms with Crippen molar-refractivity contribution in [1.82, 2.24) is 4.98 Å². The Morgan fingerprint density at radius 3 is 2.43 bits per heavy atom. The second kappa shape index (κ2) is 7.54. The van der Waals surface area contributed by atoms with Crippen LogP contribution in [0.25, 0.3) is 0 Å². The van der Waals surface area contributed by atoms with Crippen LogP contribution in [-0.4, -0.2) is 29.9 Å². The minimum atomic E-state index is -0.899. The fourth-order valence-electron chi connectivity index (χ4n) is 2.23. The highest BCUT2D eigenvalue weighted by Gasteiger charge is 2.34. The number of nitrogens with zero attached hydrogens (tertiary/aromatic N) is 1. The average molecular weight is 316 g/mol. The third-order valence-electron chi connectivity index (χ3n) is 4.12. The number of methoxy groups -OCH3 is 2. The molecule has 4 nitrogen and oxygen atoms in total. The van der Waals surface area contributed by atoms with E-state index in [4.69, 9.17) is 21.1 Å². The number of halogens is 1. The van der Waals surface area contributed by atoms with Gasteiger partial charge in [0.2, 0.25) is 5.79 Å². The van der Waals surface area contributed by atoms with E-state index in [1.54, 1.807) is 32.5 Å². The van der Waals surface area contributed by atoms with E-state index >= 15 is 0 Å². The lowest BCUT2D eigenvalue weighted by Gasteiger charge is -2.32. The normalized spacial score (nSPS) is 14.2. The summed E-state index contributed by atoms with van der Waals surface area (Å²) >= 11 is 6.03. The van der Waals surface area contributed by atoms with Crippen LogP contribution in [0.3, 0.4) is 0 Å². The first-order valence-corrected chi connectivity index (χ1v) is 7.57. The van der Waals surface area contributed by atoms with Crippen LogP contribution in [0.4, 0.5) is 0 Å². The molecule has 1 aromatic heterocycles. The average Bonchev–Trinajstić information content (AvgIpc) is 2.43. The fourth-order valence-corrected chi connectivity index (χ4v) is 2.39. The molecule has 0 unspecified atom stereocenters. The lowest BCUT2D eigenvalue weighted by atomic mass is 9.87. The van der Waals surface area contributed by atoms with Gasteiger partial charge in [-0.1, -0.05) is 18.5 Å². The van der Waals surface area contributed by atoms with Crippen LogP contribution in [0.1, 0.15) is 45.7 Å². The van der Waals surface area contributed by atoms with Gasteiger partial charge < -0.3 is 14.6 Å². The van der Waals surface area contributed by atoms with Gasteiger partial charge in [0.25, 0.3) is 0 Å². The Labute approximate surface area is 132 Å². The van der Waals surface area contributed by atoms with Crippen molar-refractivity contribution >= 4 is 11.6 Å². The third kappa shape index (κ3) is 4.92. The van der Waals surface area contributed by atoms with Crippen molar-refractivity contribution in [2.45, 2.75) is 51.4 Å². The SMILES string of the molecule is COC(CCC[C@@H](C)C(C)(C)O)(OC)c1cc(Cl)ccn1. The van der Waals surface area contributed by atoms with E-state index in [1.165, 1.54) is 0 Å². The summed E-state index contributed by atoms with van der Waals surface area (Å²) in [5.74, 6) is -0.708. The van der Waals surface area contributed by atoms with Gasteiger partial charge in [0, 0.05) is 31.9 Å². The number of aliphatic hydroxyl groups is 1. The van der Waals surface area contributed by atoms with Gasteiger partial charge in [-0.05, 0) is 44.7 Å². The highest BCUT2D eigenvalue weighted by molar-refractivity contribution is 6.30. The molecule has 0 aliphatic rings. The summed E-state index contributed by atoms with van der Waals surface area (Å²) in [4.78, 5) is 4.32. The number of pyridine rings is 1. The minimum Gasteiger partial charge on any atom is -0.390 e. The maximum absolute atomic E-state index is 9.99. The molecular weight excluding hydrogens is 290 g/mol.